The van der Waals surface area contributed by atoms with E-state index in [1.165, 1.54) is 6.33 Å². The number of aromatic nitrogens is 3. The number of anilines is 1. The summed E-state index contributed by atoms with van der Waals surface area (Å²) in [4.78, 5) is 30.9. The summed E-state index contributed by atoms with van der Waals surface area (Å²) < 4.78 is 1.72. The van der Waals surface area contributed by atoms with E-state index in [1.54, 1.807) is 28.0 Å². The molecule has 0 aliphatic carbocycles. The third-order valence-electron chi connectivity index (χ3n) is 4.55. The van der Waals surface area contributed by atoms with Crippen LogP contribution in [0.5, 0.6) is 0 Å². The number of hydrogen-bond donors (Lipinski definition) is 1. The molecule has 0 fully saturated rings. The zero-order chi connectivity index (χ0) is 20.6. The molecule has 150 valence electrons. The fourth-order valence-electron chi connectivity index (χ4n) is 3.04. The van der Waals surface area contributed by atoms with Crippen LogP contribution >= 0.6 is 0 Å². The molecule has 0 radical (unpaired) electrons. The van der Waals surface area contributed by atoms with Crippen molar-refractivity contribution in [2.75, 3.05) is 18.4 Å². The minimum Gasteiger partial charge on any atom is -0.329 e. The van der Waals surface area contributed by atoms with Gasteiger partial charge in [-0.1, -0.05) is 37.3 Å². The first-order chi connectivity index (χ1) is 14.1. The van der Waals surface area contributed by atoms with Crippen LogP contribution in [0.4, 0.5) is 5.69 Å². The molecule has 29 heavy (non-hydrogen) atoms. The van der Waals surface area contributed by atoms with Crippen LogP contribution in [0.1, 0.15) is 34.8 Å². The number of nitrogens with zero attached hydrogens (tertiary/aromatic N) is 4. The van der Waals surface area contributed by atoms with Gasteiger partial charge >= 0.3 is 0 Å². The predicted octanol–water partition coefficient (Wildman–Crippen LogP) is 3.13. The van der Waals surface area contributed by atoms with Gasteiger partial charge in [-0.05, 0) is 42.7 Å². The Hall–Kier alpha value is -3.48. The summed E-state index contributed by atoms with van der Waals surface area (Å²) in [5, 5.41) is 6.97. The second-order valence-electron chi connectivity index (χ2n) is 6.88. The maximum absolute atomic E-state index is 12.9. The molecule has 0 saturated heterocycles. The lowest BCUT2D eigenvalue weighted by atomic mass is 10.1. The Morgan fingerprint density at radius 2 is 1.86 bits per heavy atom. The van der Waals surface area contributed by atoms with Crippen molar-refractivity contribution in [2.24, 2.45) is 0 Å². The van der Waals surface area contributed by atoms with Crippen molar-refractivity contribution < 1.29 is 9.59 Å². The van der Waals surface area contributed by atoms with Gasteiger partial charge in [0.2, 0.25) is 5.91 Å². The monoisotopic (exact) mass is 391 g/mol. The lowest BCUT2D eigenvalue weighted by Gasteiger charge is -2.22. The molecule has 0 aliphatic heterocycles. The molecule has 0 bridgehead atoms. The van der Waals surface area contributed by atoms with Crippen LogP contribution < -0.4 is 5.32 Å². The van der Waals surface area contributed by atoms with Gasteiger partial charge in [-0.15, -0.1) is 0 Å². The molecular weight excluding hydrogens is 366 g/mol. The molecular formula is C22H25N5O2. The Morgan fingerprint density at radius 3 is 2.52 bits per heavy atom. The average Bonchev–Trinajstić information content (AvgIpc) is 3.22. The summed E-state index contributed by atoms with van der Waals surface area (Å²) >= 11 is 0. The third kappa shape index (κ3) is 5.51. The first kappa shape index (κ1) is 20.3. The van der Waals surface area contributed by atoms with Gasteiger partial charge in [-0.2, -0.15) is 5.10 Å². The van der Waals surface area contributed by atoms with E-state index in [1.807, 2.05) is 50.2 Å². The summed E-state index contributed by atoms with van der Waals surface area (Å²) in [6.07, 6.45) is 3.91. The fraction of sp³-hybridized carbons (Fsp3) is 0.273. The number of amides is 2. The van der Waals surface area contributed by atoms with E-state index < -0.39 is 0 Å². The molecule has 1 aromatic heterocycles. The first-order valence-corrected chi connectivity index (χ1v) is 9.63. The van der Waals surface area contributed by atoms with Crippen LogP contribution in [0.15, 0.2) is 61.2 Å². The topological polar surface area (TPSA) is 80.1 Å². The summed E-state index contributed by atoms with van der Waals surface area (Å²) in [7, 11) is 0. The van der Waals surface area contributed by atoms with E-state index in [2.05, 4.69) is 15.4 Å². The van der Waals surface area contributed by atoms with E-state index >= 15 is 0 Å². The third-order valence-corrected chi connectivity index (χ3v) is 4.55. The zero-order valence-electron chi connectivity index (χ0n) is 16.7. The highest BCUT2D eigenvalue weighted by molar-refractivity contribution is 5.99. The Labute approximate surface area is 170 Å². The lowest BCUT2D eigenvalue weighted by Crippen LogP contribution is -2.38. The second kappa shape index (κ2) is 9.64. The van der Waals surface area contributed by atoms with Crippen molar-refractivity contribution in [2.45, 2.75) is 26.8 Å². The molecule has 1 N–H and O–H groups in total. The smallest absolute Gasteiger partial charge is 0.254 e. The van der Waals surface area contributed by atoms with Gasteiger partial charge in [0.25, 0.3) is 5.91 Å². The Balaban J connectivity index is 1.65. The quantitative estimate of drug-likeness (QED) is 0.640. The molecule has 0 unspecified atom stereocenters. The van der Waals surface area contributed by atoms with E-state index in [4.69, 9.17) is 0 Å². The summed E-state index contributed by atoms with van der Waals surface area (Å²) in [5.74, 6) is -0.358. The van der Waals surface area contributed by atoms with Crippen LogP contribution in [-0.4, -0.2) is 44.6 Å². The maximum Gasteiger partial charge on any atom is 0.254 e. The number of benzene rings is 2. The van der Waals surface area contributed by atoms with Gasteiger partial charge in [-0.3, -0.25) is 9.59 Å². The molecule has 7 nitrogen and oxygen atoms in total. The van der Waals surface area contributed by atoms with Gasteiger partial charge in [-0.25, -0.2) is 9.67 Å². The highest BCUT2D eigenvalue weighted by Crippen LogP contribution is 2.14. The van der Waals surface area contributed by atoms with Gasteiger partial charge in [0.05, 0.1) is 6.54 Å². The fourth-order valence-corrected chi connectivity index (χ4v) is 3.04. The highest BCUT2D eigenvalue weighted by Gasteiger charge is 2.18. The number of hydrogen-bond acceptors (Lipinski definition) is 4. The van der Waals surface area contributed by atoms with Crippen LogP contribution in [0, 0.1) is 6.92 Å². The maximum atomic E-state index is 12.9. The zero-order valence-corrected chi connectivity index (χ0v) is 16.7. The summed E-state index contributed by atoms with van der Waals surface area (Å²) in [6, 6.07) is 15.0. The number of rotatable bonds is 8. The molecule has 0 atom stereocenters. The summed E-state index contributed by atoms with van der Waals surface area (Å²) in [6.45, 7) is 5.04. The minimum atomic E-state index is -0.205. The molecule has 2 amide bonds. The van der Waals surface area contributed by atoms with Crippen LogP contribution in [0.2, 0.25) is 0 Å². The number of para-hydroxylation sites is 1. The Kier molecular flexibility index (Phi) is 6.73. The summed E-state index contributed by atoms with van der Waals surface area (Å²) in [5.41, 5.74) is 3.33. The number of carbonyl (C=O) groups is 2. The van der Waals surface area contributed by atoms with Crippen molar-refractivity contribution in [1.82, 2.24) is 19.7 Å². The van der Waals surface area contributed by atoms with E-state index in [-0.39, 0.29) is 18.4 Å². The van der Waals surface area contributed by atoms with E-state index in [0.717, 1.165) is 23.2 Å². The Bertz CT molecular complexity index is 952. The number of aryl methyl sites for hydroxylation is 1. The molecule has 3 aromatic rings. The molecule has 3 rings (SSSR count). The standard InChI is InChI=1S/C22H25N5O2/c1-3-12-26(14-21(28)25-20-7-5-4-6-17(20)2)22(29)19-10-8-18(9-11-19)13-27-16-23-15-24-27/h4-11,15-16H,3,12-14H2,1-2H3,(H,25,28). The van der Waals surface area contributed by atoms with Crippen molar-refractivity contribution in [3.63, 3.8) is 0 Å². The van der Waals surface area contributed by atoms with Gasteiger partial charge < -0.3 is 10.2 Å². The van der Waals surface area contributed by atoms with E-state index in [0.29, 0.717) is 18.7 Å². The van der Waals surface area contributed by atoms with Crippen LogP contribution in [0.25, 0.3) is 0 Å². The van der Waals surface area contributed by atoms with Crippen molar-refractivity contribution in [3.8, 4) is 0 Å². The first-order valence-electron chi connectivity index (χ1n) is 9.63. The van der Waals surface area contributed by atoms with Crippen LogP contribution in [-0.2, 0) is 11.3 Å². The molecule has 0 aliphatic rings. The Morgan fingerprint density at radius 1 is 1.10 bits per heavy atom. The molecule has 0 spiro atoms. The molecule has 1 heterocycles. The second-order valence-corrected chi connectivity index (χ2v) is 6.88. The largest absolute Gasteiger partial charge is 0.329 e. The normalized spacial score (nSPS) is 10.6. The van der Waals surface area contributed by atoms with E-state index in [9.17, 15) is 9.59 Å². The highest BCUT2D eigenvalue weighted by atomic mass is 16.2. The van der Waals surface area contributed by atoms with Crippen molar-refractivity contribution >= 4 is 17.5 Å². The van der Waals surface area contributed by atoms with Crippen molar-refractivity contribution in [1.29, 1.82) is 0 Å². The van der Waals surface area contributed by atoms with Gasteiger partial charge in [0.1, 0.15) is 19.2 Å². The number of nitrogens with one attached hydrogen (secondary N) is 1. The van der Waals surface area contributed by atoms with Gasteiger partial charge in [0.15, 0.2) is 0 Å². The SMILES string of the molecule is CCCN(CC(=O)Nc1ccccc1C)C(=O)c1ccc(Cn2cncn2)cc1. The predicted molar refractivity (Wildman–Crippen MR) is 112 cm³/mol. The van der Waals surface area contributed by atoms with Gasteiger partial charge in [0, 0.05) is 17.8 Å². The van der Waals surface area contributed by atoms with Crippen molar-refractivity contribution in [3.05, 3.63) is 77.9 Å². The lowest BCUT2D eigenvalue weighted by molar-refractivity contribution is -0.116. The molecule has 7 heteroatoms. The van der Waals surface area contributed by atoms with Crippen LogP contribution in [0.3, 0.4) is 0 Å². The molecule has 2 aromatic carbocycles. The average molecular weight is 391 g/mol. The number of carbonyl (C=O) groups excluding carboxylic acids is 2. The molecule has 0 saturated carbocycles. The minimum absolute atomic E-state index is 0.0156.